The summed E-state index contributed by atoms with van der Waals surface area (Å²) in [5.74, 6) is -1.14. The van der Waals surface area contributed by atoms with Crippen molar-refractivity contribution >= 4 is 29.4 Å². The molecular formula is C14H9ClFN3O3. The molecular weight excluding hydrogens is 313 g/mol. The van der Waals surface area contributed by atoms with Gasteiger partial charge < -0.3 is 0 Å². The van der Waals surface area contributed by atoms with Gasteiger partial charge in [0.1, 0.15) is 10.8 Å². The van der Waals surface area contributed by atoms with Crippen molar-refractivity contribution in [3.63, 3.8) is 0 Å². The highest BCUT2D eigenvalue weighted by Crippen LogP contribution is 2.24. The predicted molar refractivity (Wildman–Crippen MR) is 79.6 cm³/mol. The number of halogens is 2. The molecule has 2 rings (SSSR count). The molecule has 0 atom stereocenters. The molecule has 0 saturated heterocycles. The van der Waals surface area contributed by atoms with Crippen LogP contribution in [0.4, 0.5) is 10.1 Å². The number of rotatable bonds is 4. The Morgan fingerprint density at radius 2 is 2.09 bits per heavy atom. The van der Waals surface area contributed by atoms with Crippen molar-refractivity contribution in [2.45, 2.75) is 0 Å². The summed E-state index contributed by atoms with van der Waals surface area (Å²) in [6.45, 7) is 0. The fourth-order valence-corrected chi connectivity index (χ4v) is 1.80. The minimum absolute atomic E-state index is 0.00551. The number of nitro groups is 1. The summed E-state index contributed by atoms with van der Waals surface area (Å²) < 4.78 is 13.0. The Morgan fingerprint density at radius 1 is 1.32 bits per heavy atom. The Bertz CT molecular complexity index is 765. The highest BCUT2D eigenvalue weighted by molar-refractivity contribution is 6.32. The molecule has 0 aliphatic heterocycles. The van der Waals surface area contributed by atoms with Gasteiger partial charge in [-0.1, -0.05) is 23.7 Å². The zero-order chi connectivity index (χ0) is 16.1. The van der Waals surface area contributed by atoms with E-state index in [2.05, 4.69) is 10.5 Å². The van der Waals surface area contributed by atoms with Crippen LogP contribution in [0.25, 0.3) is 0 Å². The van der Waals surface area contributed by atoms with Crippen molar-refractivity contribution in [2.24, 2.45) is 5.10 Å². The Morgan fingerprint density at radius 3 is 2.77 bits per heavy atom. The van der Waals surface area contributed by atoms with E-state index >= 15 is 0 Å². The molecule has 8 heteroatoms. The van der Waals surface area contributed by atoms with Gasteiger partial charge in [0.25, 0.3) is 11.6 Å². The summed E-state index contributed by atoms with van der Waals surface area (Å²) in [5, 5.41) is 14.4. The van der Waals surface area contributed by atoms with Gasteiger partial charge >= 0.3 is 0 Å². The van der Waals surface area contributed by atoms with Crippen molar-refractivity contribution in [2.75, 3.05) is 0 Å². The molecule has 0 aliphatic rings. The van der Waals surface area contributed by atoms with Crippen molar-refractivity contribution in [1.82, 2.24) is 5.43 Å². The lowest BCUT2D eigenvalue weighted by molar-refractivity contribution is -0.384. The van der Waals surface area contributed by atoms with Gasteiger partial charge in [0.2, 0.25) is 0 Å². The van der Waals surface area contributed by atoms with E-state index in [1.165, 1.54) is 42.6 Å². The Balaban J connectivity index is 2.08. The second-order valence-electron chi connectivity index (χ2n) is 4.18. The summed E-state index contributed by atoms with van der Waals surface area (Å²) in [6.07, 6.45) is 1.22. The van der Waals surface area contributed by atoms with Crippen LogP contribution in [-0.4, -0.2) is 17.0 Å². The summed E-state index contributed by atoms with van der Waals surface area (Å²) in [5.41, 5.74) is 2.43. The van der Waals surface area contributed by atoms with E-state index in [0.717, 1.165) is 6.07 Å². The smallest absolute Gasteiger partial charge is 0.267 e. The molecule has 0 saturated carbocycles. The molecule has 2 aromatic rings. The molecule has 2 aromatic carbocycles. The number of benzene rings is 2. The molecule has 112 valence electrons. The maximum Gasteiger partial charge on any atom is 0.288 e. The molecule has 0 aromatic heterocycles. The van der Waals surface area contributed by atoms with E-state index in [0.29, 0.717) is 5.56 Å². The number of hydrazone groups is 1. The number of hydrogen-bond acceptors (Lipinski definition) is 4. The van der Waals surface area contributed by atoms with Crippen LogP contribution in [0.15, 0.2) is 47.6 Å². The van der Waals surface area contributed by atoms with Gasteiger partial charge in [-0.05, 0) is 24.3 Å². The molecule has 1 N–H and O–H groups in total. The zero-order valence-corrected chi connectivity index (χ0v) is 11.7. The fourth-order valence-electron chi connectivity index (χ4n) is 1.61. The standard InChI is InChI=1S/C14H9ClFN3O3/c15-12-5-4-9(6-13(12)19(21)22)8-17-18-14(20)10-2-1-3-11(16)7-10/h1-8H,(H,18,20)/b17-8-. The van der Waals surface area contributed by atoms with E-state index < -0.39 is 16.6 Å². The maximum atomic E-state index is 13.0. The third kappa shape index (κ3) is 3.86. The van der Waals surface area contributed by atoms with E-state index in [1.54, 1.807) is 0 Å². The van der Waals surface area contributed by atoms with Gasteiger partial charge in [-0.15, -0.1) is 0 Å². The first kappa shape index (κ1) is 15.6. The van der Waals surface area contributed by atoms with E-state index in [9.17, 15) is 19.3 Å². The first-order chi connectivity index (χ1) is 10.5. The highest BCUT2D eigenvalue weighted by atomic mass is 35.5. The zero-order valence-electron chi connectivity index (χ0n) is 11.0. The average Bonchev–Trinajstić information content (AvgIpc) is 2.48. The van der Waals surface area contributed by atoms with Gasteiger partial charge in [-0.2, -0.15) is 5.10 Å². The lowest BCUT2D eigenvalue weighted by Crippen LogP contribution is -2.17. The first-order valence-corrected chi connectivity index (χ1v) is 6.38. The number of hydrogen-bond donors (Lipinski definition) is 1. The largest absolute Gasteiger partial charge is 0.288 e. The highest BCUT2D eigenvalue weighted by Gasteiger charge is 2.12. The molecule has 22 heavy (non-hydrogen) atoms. The third-order valence-corrected chi connectivity index (χ3v) is 2.95. The molecule has 0 aliphatic carbocycles. The molecule has 0 heterocycles. The summed E-state index contributed by atoms with van der Waals surface area (Å²) in [6, 6.07) is 9.20. The van der Waals surface area contributed by atoms with Gasteiger partial charge in [0.15, 0.2) is 0 Å². The molecule has 0 radical (unpaired) electrons. The number of carbonyl (C=O) groups is 1. The van der Waals surface area contributed by atoms with Gasteiger partial charge in [0, 0.05) is 17.2 Å². The normalized spacial score (nSPS) is 10.6. The number of amides is 1. The molecule has 0 bridgehead atoms. The molecule has 6 nitrogen and oxygen atoms in total. The quantitative estimate of drug-likeness (QED) is 0.533. The SMILES string of the molecule is O=C(N/N=C\c1ccc(Cl)c([N+](=O)[O-])c1)c1cccc(F)c1. The van der Waals surface area contributed by atoms with Gasteiger partial charge in [-0.3, -0.25) is 14.9 Å². The van der Waals surface area contributed by atoms with Crippen LogP contribution >= 0.6 is 11.6 Å². The molecule has 0 unspecified atom stereocenters. The third-order valence-electron chi connectivity index (χ3n) is 2.63. The van der Waals surface area contributed by atoms with Gasteiger partial charge in [0.05, 0.1) is 11.1 Å². The maximum absolute atomic E-state index is 13.0. The van der Waals surface area contributed by atoms with Crippen molar-refractivity contribution in [3.05, 3.63) is 74.5 Å². The summed E-state index contributed by atoms with van der Waals surface area (Å²) in [4.78, 5) is 21.8. The number of nitro benzene ring substituents is 1. The van der Waals surface area contributed by atoms with Crippen LogP contribution in [0, 0.1) is 15.9 Å². The number of nitrogens with one attached hydrogen (secondary N) is 1. The second kappa shape index (κ2) is 6.77. The van der Waals surface area contributed by atoms with E-state index in [4.69, 9.17) is 11.6 Å². The lowest BCUT2D eigenvalue weighted by Gasteiger charge is -2.00. The van der Waals surface area contributed by atoms with Crippen LogP contribution < -0.4 is 5.43 Å². The summed E-state index contributed by atoms with van der Waals surface area (Å²) in [7, 11) is 0. The minimum Gasteiger partial charge on any atom is -0.267 e. The van der Waals surface area contributed by atoms with Crippen LogP contribution in [0.2, 0.25) is 5.02 Å². The topological polar surface area (TPSA) is 84.6 Å². The number of carbonyl (C=O) groups excluding carboxylic acids is 1. The molecule has 0 fully saturated rings. The summed E-state index contributed by atoms with van der Waals surface area (Å²) >= 11 is 5.68. The molecule has 0 spiro atoms. The Kier molecular flexibility index (Phi) is 4.80. The van der Waals surface area contributed by atoms with Gasteiger partial charge in [-0.25, -0.2) is 9.82 Å². The van der Waals surface area contributed by atoms with E-state index in [1.807, 2.05) is 0 Å². The van der Waals surface area contributed by atoms with Crippen molar-refractivity contribution < 1.29 is 14.1 Å². The Labute approximate surface area is 129 Å². The minimum atomic E-state index is -0.620. The predicted octanol–water partition coefficient (Wildman–Crippen LogP) is 3.15. The number of nitrogens with zero attached hydrogens (tertiary/aromatic N) is 2. The second-order valence-corrected chi connectivity index (χ2v) is 4.58. The average molecular weight is 322 g/mol. The molecule has 1 amide bonds. The first-order valence-electron chi connectivity index (χ1n) is 6.00. The Hall–Kier alpha value is -2.80. The fraction of sp³-hybridized carbons (Fsp3) is 0. The monoisotopic (exact) mass is 321 g/mol. The van der Waals surface area contributed by atoms with Crippen molar-refractivity contribution in [3.8, 4) is 0 Å². The van der Waals surface area contributed by atoms with Crippen LogP contribution in [0.5, 0.6) is 0 Å². The lowest BCUT2D eigenvalue weighted by atomic mass is 10.2. The van der Waals surface area contributed by atoms with Crippen LogP contribution in [-0.2, 0) is 0 Å². The van der Waals surface area contributed by atoms with Crippen molar-refractivity contribution in [1.29, 1.82) is 0 Å². The van der Waals surface area contributed by atoms with E-state index in [-0.39, 0.29) is 16.3 Å². The van der Waals surface area contributed by atoms with Crippen LogP contribution in [0.3, 0.4) is 0 Å². The van der Waals surface area contributed by atoms with Crippen LogP contribution in [0.1, 0.15) is 15.9 Å².